The molecule has 4 rings (SSSR count). The van der Waals surface area contributed by atoms with Gasteiger partial charge in [-0.3, -0.25) is 14.5 Å². The Balaban J connectivity index is 1.38. The molecule has 29 heavy (non-hydrogen) atoms. The fourth-order valence-corrected chi connectivity index (χ4v) is 3.73. The molecule has 1 saturated heterocycles. The van der Waals surface area contributed by atoms with Crippen molar-refractivity contribution in [1.82, 2.24) is 15.1 Å². The average Bonchev–Trinajstić information content (AvgIpc) is 3.41. The minimum Gasteiger partial charge on any atom is -0.459 e. The van der Waals surface area contributed by atoms with Crippen LogP contribution < -0.4 is 5.32 Å². The van der Waals surface area contributed by atoms with Crippen LogP contribution in [0.3, 0.4) is 0 Å². The van der Waals surface area contributed by atoms with Crippen LogP contribution in [0.2, 0.25) is 5.02 Å². The van der Waals surface area contributed by atoms with Gasteiger partial charge >= 0.3 is 6.03 Å². The Hall–Kier alpha value is -2.80. The molecule has 1 N–H and O–H groups in total. The molecule has 2 heterocycles. The zero-order valence-corrected chi connectivity index (χ0v) is 17.0. The summed E-state index contributed by atoms with van der Waals surface area (Å²) in [6.45, 7) is 1.68. The first-order valence-electron chi connectivity index (χ1n) is 9.50. The summed E-state index contributed by atoms with van der Waals surface area (Å²) in [6.07, 6.45) is 1.83. The molecule has 1 unspecified atom stereocenters. The SMILES string of the molecule is CN(Cc1ccc(-c2ccc(Cl)cc2)o1)C(=O)CN1C(=O)NC(C)(C2CC2)C1=O. The molecule has 0 bridgehead atoms. The number of urea groups is 1. The monoisotopic (exact) mass is 415 g/mol. The first-order valence-corrected chi connectivity index (χ1v) is 9.88. The van der Waals surface area contributed by atoms with Crippen molar-refractivity contribution in [3.8, 4) is 11.3 Å². The van der Waals surface area contributed by atoms with Gasteiger partial charge in [-0.05, 0) is 62.1 Å². The van der Waals surface area contributed by atoms with Crippen molar-refractivity contribution in [2.45, 2.75) is 31.8 Å². The predicted octanol–water partition coefficient (Wildman–Crippen LogP) is 3.28. The lowest BCUT2D eigenvalue weighted by molar-refractivity contribution is -0.138. The summed E-state index contributed by atoms with van der Waals surface area (Å²) in [6, 6.07) is 10.4. The highest BCUT2D eigenvalue weighted by atomic mass is 35.5. The first kappa shape index (κ1) is 19.5. The van der Waals surface area contributed by atoms with Crippen LogP contribution in [0.5, 0.6) is 0 Å². The maximum atomic E-state index is 12.7. The molecule has 7 nitrogen and oxygen atoms in total. The maximum absolute atomic E-state index is 12.7. The van der Waals surface area contributed by atoms with E-state index in [9.17, 15) is 14.4 Å². The number of nitrogens with zero attached hydrogens (tertiary/aromatic N) is 2. The first-order chi connectivity index (χ1) is 13.8. The summed E-state index contributed by atoms with van der Waals surface area (Å²) in [4.78, 5) is 39.9. The highest BCUT2D eigenvalue weighted by molar-refractivity contribution is 6.30. The minimum absolute atomic E-state index is 0.159. The quantitative estimate of drug-likeness (QED) is 0.734. The number of hydrogen-bond acceptors (Lipinski definition) is 4. The van der Waals surface area contributed by atoms with Gasteiger partial charge in [0.1, 0.15) is 23.6 Å². The van der Waals surface area contributed by atoms with Crippen molar-refractivity contribution in [2.24, 2.45) is 5.92 Å². The summed E-state index contributed by atoms with van der Waals surface area (Å²) in [5, 5.41) is 3.39. The molecule has 1 aromatic heterocycles. The van der Waals surface area contributed by atoms with E-state index >= 15 is 0 Å². The highest BCUT2D eigenvalue weighted by Crippen LogP contribution is 2.42. The zero-order valence-electron chi connectivity index (χ0n) is 16.3. The van der Waals surface area contributed by atoms with Gasteiger partial charge in [0.25, 0.3) is 5.91 Å². The molecule has 2 aliphatic rings. The van der Waals surface area contributed by atoms with Crippen LogP contribution in [0.1, 0.15) is 25.5 Å². The van der Waals surface area contributed by atoms with Gasteiger partial charge in [-0.15, -0.1) is 0 Å². The molecule has 1 aliphatic carbocycles. The Bertz CT molecular complexity index is 967. The van der Waals surface area contributed by atoms with E-state index in [1.54, 1.807) is 32.2 Å². The van der Waals surface area contributed by atoms with E-state index in [1.165, 1.54) is 4.90 Å². The summed E-state index contributed by atoms with van der Waals surface area (Å²) in [5.74, 6) is 0.775. The van der Waals surface area contributed by atoms with Crippen molar-refractivity contribution >= 4 is 29.4 Å². The van der Waals surface area contributed by atoms with E-state index in [4.69, 9.17) is 16.0 Å². The van der Waals surface area contributed by atoms with E-state index < -0.39 is 11.6 Å². The Morgan fingerprint density at radius 2 is 1.93 bits per heavy atom. The Morgan fingerprint density at radius 1 is 1.24 bits per heavy atom. The Morgan fingerprint density at radius 3 is 2.59 bits per heavy atom. The fourth-order valence-electron chi connectivity index (χ4n) is 3.61. The van der Waals surface area contributed by atoms with Gasteiger partial charge in [-0.2, -0.15) is 0 Å². The second-order valence-corrected chi connectivity index (χ2v) is 8.26. The van der Waals surface area contributed by atoms with Gasteiger partial charge in [0.2, 0.25) is 5.91 Å². The lowest BCUT2D eigenvalue weighted by atomic mass is 9.96. The summed E-state index contributed by atoms with van der Waals surface area (Å²) in [7, 11) is 1.62. The molecule has 1 aromatic carbocycles. The van der Waals surface area contributed by atoms with Crippen LogP contribution in [-0.4, -0.2) is 46.8 Å². The fraction of sp³-hybridized carbons (Fsp3) is 0.381. The maximum Gasteiger partial charge on any atom is 0.325 e. The lowest BCUT2D eigenvalue weighted by Crippen LogP contribution is -2.47. The second-order valence-electron chi connectivity index (χ2n) is 7.82. The Labute approximate surface area is 173 Å². The number of likely N-dealkylation sites (N-methyl/N-ethyl adjacent to an activating group) is 1. The molecule has 1 saturated carbocycles. The van der Waals surface area contributed by atoms with Crippen LogP contribution >= 0.6 is 11.6 Å². The molecular weight excluding hydrogens is 394 g/mol. The highest BCUT2D eigenvalue weighted by Gasteiger charge is 2.56. The molecule has 152 valence electrons. The van der Waals surface area contributed by atoms with Crippen molar-refractivity contribution in [2.75, 3.05) is 13.6 Å². The van der Waals surface area contributed by atoms with Gasteiger partial charge in [-0.1, -0.05) is 11.6 Å². The number of rotatable bonds is 6. The number of benzene rings is 1. The van der Waals surface area contributed by atoms with Crippen molar-refractivity contribution < 1.29 is 18.8 Å². The second kappa shape index (κ2) is 7.22. The van der Waals surface area contributed by atoms with E-state index in [-0.39, 0.29) is 30.8 Å². The number of carbonyl (C=O) groups excluding carboxylic acids is 3. The van der Waals surface area contributed by atoms with E-state index in [2.05, 4.69) is 5.32 Å². The number of amides is 4. The lowest BCUT2D eigenvalue weighted by Gasteiger charge is -2.22. The van der Waals surface area contributed by atoms with Crippen LogP contribution in [0.25, 0.3) is 11.3 Å². The predicted molar refractivity (Wildman–Crippen MR) is 107 cm³/mol. The number of hydrogen-bond donors (Lipinski definition) is 1. The smallest absolute Gasteiger partial charge is 0.325 e. The van der Waals surface area contributed by atoms with Crippen LogP contribution in [0, 0.1) is 5.92 Å². The third kappa shape index (κ3) is 3.74. The third-order valence-electron chi connectivity index (χ3n) is 5.60. The van der Waals surface area contributed by atoms with E-state index in [1.807, 2.05) is 18.2 Å². The Kier molecular flexibility index (Phi) is 4.86. The van der Waals surface area contributed by atoms with Crippen LogP contribution in [0.15, 0.2) is 40.8 Å². The topological polar surface area (TPSA) is 82.9 Å². The summed E-state index contributed by atoms with van der Waals surface area (Å²) < 4.78 is 5.82. The third-order valence-corrected chi connectivity index (χ3v) is 5.85. The number of furan rings is 1. The average molecular weight is 416 g/mol. The molecule has 0 radical (unpaired) electrons. The molecule has 2 aromatic rings. The van der Waals surface area contributed by atoms with Gasteiger partial charge in [-0.25, -0.2) is 4.79 Å². The summed E-state index contributed by atoms with van der Waals surface area (Å²) >= 11 is 5.91. The zero-order chi connectivity index (χ0) is 20.8. The van der Waals surface area contributed by atoms with Crippen molar-refractivity contribution in [3.05, 3.63) is 47.2 Å². The summed E-state index contributed by atoms with van der Waals surface area (Å²) in [5.41, 5.74) is -0.00179. The van der Waals surface area contributed by atoms with Gasteiger partial charge < -0.3 is 14.6 Å². The molecular formula is C21H22ClN3O4. The molecule has 4 amide bonds. The van der Waals surface area contributed by atoms with Gasteiger partial charge in [0.05, 0.1) is 6.54 Å². The van der Waals surface area contributed by atoms with Gasteiger partial charge in [0, 0.05) is 17.6 Å². The number of nitrogens with one attached hydrogen (secondary N) is 1. The molecule has 1 atom stereocenters. The van der Waals surface area contributed by atoms with Crippen molar-refractivity contribution in [3.63, 3.8) is 0 Å². The molecule has 2 fully saturated rings. The number of imide groups is 1. The number of halogens is 1. The standard InChI is InChI=1S/C21H22ClN3O4/c1-21(14-5-6-14)19(27)25(20(28)23-21)12-18(26)24(2)11-16-9-10-17(29-16)13-3-7-15(22)8-4-13/h3-4,7-10,14H,5-6,11-12H2,1-2H3,(H,23,28). The minimum atomic E-state index is -0.884. The largest absolute Gasteiger partial charge is 0.459 e. The van der Waals surface area contributed by atoms with Crippen LogP contribution in [-0.2, 0) is 16.1 Å². The van der Waals surface area contributed by atoms with Crippen molar-refractivity contribution in [1.29, 1.82) is 0 Å². The molecule has 8 heteroatoms. The van der Waals surface area contributed by atoms with Crippen LogP contribution in [0.4, 0.5) is 4.79 Å². The van der Waals surface area contributed by atoms with E-state index in [0.717, 1.165) is 23.3 Å². The molecule has 1 aliphatic heterocycles. The van der Waals surface area contributed by atoms with E-state index in [0.29, 0.717) is 16.5 Å². The normalized spacial score (nSPS) is 21.4. The molecule has 0 spiro atoms. The number of carbonyl (C=O) groups is 3. The van der Waals surface area contributed by atoms with Gasteiger partial charge in [0.15, 0.2) is 0 Å².